The van der Waals surface area contributed by atoms with Crippen molar-refractivity contribution in [3.8, 4) is 6.07 Å². The van der Waals surface area contributed by atoms with Crippen LogP contribution in [-0.4, -0.2) is 17.9 Å². The van der Waals surface area contributed by atoms with E-state index in [0.717, 1.165) is 0 Å². The Kier molecular flexibility index (Phi) is 3.67. The molecule has 0 rings (SSSR count). The SMILES string of the molecule is CCC(=O)NC(C#N)C(N)=O. The molecule has 0 aromatic rings. The number of carbonyl (C=O) groups excluding carboxylic acids is 2. The molecule has 1 unspecified atom stereocenters. The van der Waals surface area contributed by atoms with E-state index in [4.69, 9.17) is 11.0 Å². The van der Waals surface area contributed by atoms with Crippen molar-refractivity contribution in [2.75, 3.05) is 0 Å². The number of nitrogens with two attached hydrogens (primary N) is 1. The third-order valence-electron chi connectivity index (χ3n) is 1.04. The molecule has 5 nitrogen and oxygen atoms in total. The fraction of sp³-hybridized carbons (Fsp3) is 0.500. The molecule has 0 heterocycles. The van der Waals surface area contributed by atoms with Gasteiger partial charge in [-0.25, -0.2) is 0 Å². The van der Waals surface area contributed by atoms with Crippen molar-refractivity contribution in [2.24, 2.45) is 5.73 Å². The van der Waals surface area contributed by atoms with Gasteiger partial charge in [-0.2, -0.15) is 5.26 Å². The first-order valence-corrected chi connectivity index (χ1v) is 3.10. The van der Waals surface area contributed by atoms with Gasteiger partial charge in [0.05, 0.1) is 6.07 Å². The lowest BCUT2D eigenvalue weighted by atomic mass is 10.3. The van der Waals surface area contributed by atoms with Gasteiger partial charge in [0.2, 0.25) is 5.91 Å². The van der Waals surface area contributed by atoms with Crippen LogP contribution >= 0.6 is 0 Å². The number of hydrogen-bond donors (Lipinski definition) is 2. The lowest BCUT2D eigenvalue weighted by molar-refractivity contribution is -0.126. The van der Waals surface area contributed by atoms with E-state index < -0.39 is 11.9 Å². The maximum absolute atomic E-state index is 10.6. The average molecular weight is 155 g/mol. The highest BCUT2D eigenvalue weighted by Gasteiger charge is 2.14. The van der Waals surface area contributed by atoms with E-state index in [1.165, 1.54) is 0 Å². The number of amides is 2. The van der Waals surface area contributed by atoms with Gasteiger partial charge in [0.1, 0.15) is 0 Å². The number of rotatable bonds is 3. The second kappa shape index (κ2) is 4.28. The Morgan fingerprint density at radius 1 is 1.73 bits per heavy atom. The molecule has 11 heavy (non-hydrogen) atoms. The monoisotopic (exact) mass is 155 g/mol. The molecule has 3 N–H and O–H groups in total. The first-order chi connectivity index (χ1) is 5.11. The Morgan fingerprint density at radius 2 is 2.27 bits per heavy atom. The minimum atomic E-state index is -1.21. The number of hydrogen-bond acceptors (Lipinski definition) is 3. The van der Waals surface area contributed by atoms with Gasteiger partial charge in [-0.05, 0) is 0 Å². The molecule has 0 saturated heterocycles. The molecule has 0 bridgehead atoms. The predicted octanol–water partition coefficient (Wildman–Crippen LogP) is -1.11. The summed E-state index contributed by atoms with van der Waals surface area (Å²) in [6.45, 7) is 1.62. The summed E-state index contributed by atoms with van der Waals surface area (Å²) in [5, 5.41) is 10.4. The summed E-state index contributed by atoms with van der Waals surface area (Å²) in [5.41, 5.74) is 4.77. The topological polar surface area (TPSA) is 96.0 Å². The van der Waals surface area contributed by atoms with Gasteiger partial charge in [-0.1, -0.05) is 6.92 Å². The largest absolute Gasteiger partial charge is 0.367 e. The van der Waals surface area contributed by atoms with Gasteiger partial charge in [-0.15, -0.1) is 0 Å². The second-order valence-electron chi connectivity index (χ2n) is 1.89. The highest BCUT2D eigenvalue weighted by atomic mass is 16.2. The van der Waals surface area contributed by atoms with Crippen LogP contribution in [0.3, 0.4) is 0 Å². The zero-order valence-corrected chi connectivity index (χ0v) is 6.13. The first kappa shape index (κ1) is 9.43. The summed E-state index contributed by atoms with van der Waals surface area (Å²) in [5.74, 6) is -1.20. The minimum absolute atomic E-state index is 0.228. The van der Waals surface area contributed by atoms with Gasteiger partial charge < -0.3 is 11.1 Å². The number of primary amides is 1. The van der Waals surface area contributed by atoms with E-state index in [0.29, 0.717) is 0 Å². The van der Waals surface area contributed by atoms with Crippen LogP contribution in [0, 0.1) is 11.3 Å². The highest BCUT2D eigenvalue weighted by molar-refractivity contribution is 5.88. The zero-order chi connectivity index (χ0) is 8.85. The van der Waals surface area contributed by atoms with Crippen molar-refractivity contribution in [1.29, 1.82) is 5.26 Å². The Hall–Kier alpha value is -1.57. The van der Waals surface area contributed by atoms with Gasteiger partial charge in [-0.3, -0.25) is 9.59 Å². The van der Waals surface area contributed by atoms with Crippen LogP contribution in [0.2, 0.25) is 0 Å². The fourth-order valence-corrected chi connectivity index (χ4v) is 0.430. The standard InChI is InChI=1S/C6H9N3O2/c1-2-5(10)9-4(3-7)6(8)11/h4H,2H2,1H3,(H2,8,11)(H,9,10). The predicted molar refractivity (Wildman–Crippen MR) is 37.0 cm³/mol. The van der Waals surface area contributed by atoms with Crippen LogP contribution in [-0.2, 0) is 9.59 Å². The molecule has 0 aliphatic rings. The van der Waals surface area contributed by atoms with Crippen molar-refractivity contribution in [2.45, 2.75) is 19.4 Å². The summed E-state index contributed by atoms with van der Waals surface area (Å²) in [6.07, 6.45) is 0.228. The van der Waals surface area contributed by atoms with E-state index in [-0.39, 0.29) is 12.3 Å². The number of nitrogens with one attached hydrogen (secondary N) is 1. The van der Waals surface area contributed by atoms with Crippen LogP contribution < -0.4 is 11.1 Å². The molecule has 0 fully saturated rings. The number of nitrogens with zero attached hydrogens (tertiary/aromatic N) is 1. The molecule has 0 radical (unpaired) electrons. The van der Waals surface area contributed by atoms with Gasteiger partial charge in [0.15, 0.2) is 6.04 Å². The smallest absolute Gasteiger partial charge is 0.254 e. The lowest BCUT2D eigenvalue weighted by Crippen LogP contribution is -2.43. The molecular weight excluding hydrogens is 146 g/mol. The number of carbonyl (C=O) groups is 2. The Labute approximate surface area is 64.2 Å². The van der Waals surface area contributed by atoms with E-state index in [1.807, 2.05) is 0 Å². The highest BCUT2D eigenvalue weighted by Crippen LogP contribution is 1.81. The summed E-state index contributed by atoms with van der Waals surface area (Å²) >= 11 is 0. The quantitative estimate of drug-likeness (QED) is 0.540. The first-order valence-electron chi connectivity index (χ1n) is 3.10. The Bertz CT molecular complexity index is 206. The molecule has 2 amide bonds. The Balaban J connectivity index is 4.01. The van der Waals surface area contributed by atoms with Crippen LogP contribution in [0.4, 0.5) is 0 Å². The van der Waals surface area contributed by atoms with Crippen molar-refractivity contribution in [1.82, 2.24) is 5.32 Å². The molecule has 1 atom stereocenters. The Morgan fingerprint density at radius 3 is 2.55 bits per heavy atom. The van der Waals surface area contributed by atoms with Crippen molar-refractivity contribution in [3.63, 3.8) is 0 Å². The van der Waals surface area contributed by atoms with Crippen molar-refractivity contribution >= 4 is 11.8 Å². The molecule has 0 saturated carbocycles. The summed E-state index contributed by atoms with van der Waals surface area (Å²) < 4.78 is 0. The number of nitriles is 1. The van der Waals surface area contributed by atoms with E-state index >= 15 is 0 Å². The third kappa shape index (κ3) is 3.20. The third-order valence-corrected chi connectivity index (χ3v) is 1.04. The lowest BCUT2D eigenvalue weighted by Gasteiger charge is -2.05. The molecular formula is C6H9N3O2. The van der Waals surface area contributed by atoms with Crippen LogP contribution in [0.25, 0.3) is 0 Å². The van der Waals surface area contributed by atoms with E-state index in [9.17, 15) is 9.59 Å². The fourth-order valence-electron chi connectivity index (χ4n) is 0.430. The van der Waals surface area contributed by atoms with Crippen LogP contribution in [0.15, 0.2) is 0 Å². The molecule has 0 aromatic heterocycles. The van der Waals surface area contributed by atoms with Gasteiger partial charge in [0, 0.05) is 6.42 Å². The maximum Gasteiger partial charge on any atom is 0.254 e. The van der Waals surface area contributed by atoms with Gasteiger partial charge >= 0.3 is 0 Å². The van der Waals surface area contributed by atoms with Crippen LogP contribution in [0.5, 0.6) is 0 Å². The molecule has 0 aromatic carbocycles. The van der Waals surface area contributed by atoms with Gasteiger partial charge in [0.25, 0.3) is 5.91 Å². The molecule has 0 aliphatic heterocycles. The summed E-state index contributed by atoms with van der Waals surface area (Å²) in [4.78, 5) is 21.0. The molecule has 5 heteroatoms. The maximum atomic E-state index is 10.6. The minimum Gasteiger partial charge on any atom is -0.367 e. The van der Waals surface area contributed by atoms with Crippen molar-refractivity contribution < 1.29 is 9.59 Å². The molecule has 0 spiro atoms. The zero-order valence-electron chi connectivity index (χ0n) is 6.13. The van der Waals surface area contributed by atoms with E-state index in [1.54, 1.807) is 13.0 Å². The second-order valence-corrected chi connectivity index (χ2v) is 1.89. The molecule has 60 valence electrons. The normalized spacial score (nSPS) is 11.3. The summed E-state index contributed by atoms with van der Waals surface area (Å²) in [7, 11) is 0. The molecule has 0 aliphatic carbocycles. The summed E-state index contributed by atoms with van der Waals surface area (Å²) in [6, 6.07) is 0.354. The van der Waals surface area contributed by atoms with Crippen LogP contribution in [0.1, 0.15) is 13.3 Å². The van der Waals surface area contributed by atoms with Crippen molar-refractivity contribution in [3.05, 3.63) is 0 Å². The average Bonchev–Trinajstić information content (AvgIpc) is 1.99. The van der Waals surface area contributed by atoms with E-state index in [2.05, 4.69) is 5.32 Å².